The molecule has 1 aromatic carbocycles. The summed E-state index contributed by atoms with van der Waals surface area (Å²) in [5, 5.41) is 12.2. The summed E-state index contributed by atoms with van der Waals surface area (Å²) in [5.41, 5.74) is 1.01. The van der Waals surface area contributed by atoms with Crippen molar-refractivity contribution in [3.05, 3.63) is 29.8 Å². The fraction of sp³-hybridized carbons (Fsp3) is 0.550. The van der Waals surface area contributed by atoms with Crippen LogP contribution in [0.15, 0.2) is 33.5 Å². The summed E-state index contributed by atoms with van der Waals surface area (Å²) in [7, 11) is -3.53. The molecule has 2 aromatic rings. The topological polar surface area (TPSA) is 105 Å². The van der Waals surface area contributed by atoms with E-state index in [4.69, 9.17) is 4.74 Å². The van der Waals surface area contributed by atoms with E-state index in [0.717, 1.165) is 34.5 Å². The van der Waals surface area contributed by atoms with Crippen molar-refractivity contribution in [2.24, 2.45) is 0 Å². The second kappa shape index (κ2) is 10.5. The van der Waals surface area contributed by atoms with E-state index in [2.05, 4.69) is 15.5 Å². The average molecular weight is 498 g/mol. The molecule has 4 rings (SSSR count). The summed E-state index contributed by atoms with van der Waals surface area (Å²) in [6, 6.07) is 6.84. The van der Waals surface area contributed by atoms with E-state index in [-0.39, 0.29) is 17.8 Å². The molecule has 1 amide bonds. The highest BCUT2D eigenvalue weighted by Crippen LogP contribution is 2.26. The fourth-order valence-electron chi connectivity index (χ4n) is 3.60. The highest BCUT2D eigenvalue weighted by Gasteiger charge is 2.30. The number of amides is 1. The van der Waals surface area contributed by atoms with Gasteiger partial charge in [-0.1, -0.05) is 40.8 Å². The van der Waals surface area contributed by atoms with Crippen LogP contribution in [0, 0.1) is 6.92 Å². The van der Waals surface area contributed by atoms with E-state index >= 15 is 0 Å². The average Bonchev–Trinajstić information content (AvgIpc) is 3.48. The number of anilines is 1. The van der Waals surface area contributed by atoms with Crippen LogP contribution >= 0.6 is 23.1 Å². The zero-order chi connectivity index (χ0) is 22.6. The van der Waals surface area contributed by atoms with Crippen molar-refractivity contribution in [1.29, 1.82) is 0 Å². The molecule has 2 saturated heterocycles. The van der Waals surface area contributed by atoms with Crippen LogP contribution in [-0.2, 0) is 19.6 Å². The van der Waals surface area contributed by atoms with Gasteiger partial charge in [-0.3, -0.25) is 4.79 Å². The van der Waals surface area contributed by atoms with Gasteiger partial charge >= 0.3 is 0 Å². The SMILES string of the molecule is Cc1ccc(S(=O)(=O)N2CCN(C(=O)CSc3nnc(NC[C@H]4CCCO4)s3)CC2)cc1. The van der Waals surface area contributed by atoms with Crippen molar-refractivity contribution in [2.75, 3.05) is 50.4 Å². The van der Waals surface area contributed by atoms with E-state index < -0.39 is 10.0 Å². The van der Waals surface area contributed by atoms with Gasteiger partial charge in [0.1, 0.15) is 0 Å². The number of hydrogen-bond donors (Lipinski definition) is 1. The third-order valence-electron chi connectivity index (χ3n) is 5.48. The molecule has 0 radical (unpaired) electrons. The Morgan fingerprint density at radius 2 is 1.97 bits per heavy atom. The molecule has 12 heteroatoms. The fourth-order valence-corrected chi connectivity index (χ4v) is 6.68. The van der Waals surface area contributed by atoms with Gasteiger partial charge in [0.25, 0.3) is 0 Å². The van der Waals surface area contributed by atoms with E-state index in [1.807, 2.05) is 6.92 Å². The van der Waals surface area contributed by atoms with Crippen LogP contribution in [-0.4, -0.2) is 84.9 Å². The molecular weight excluding hydrogens is 470 g/mol. The lowest BCUT2D eigenvalue weighted by atomic mass is 10.2. The summed E-state index contributed by atoms with van der Waals surface area (Å²) < 4.78 is 33.4. The minimum absolute atomic E-state index is 0.0218. The monoisotopic (exact) mass is 497 g/mol. The predicted molar refractivity (Wildman–Crippen MR) is 125 cm³/mol. The van der Waals surface area contributed by atoms with Gasteiger partial charge in [-0.25, -0.2) is 8.42 Å². The van der Waals surface area contributed by atoms with Crippen molar-refractivity contribution in [3.8, 4) is 0 Å². The van der Waals surface area contributed by atoms with Crippen LogP contribution in [0.1, 0.15) is 18.4 Å². The molecule has 0 unspecified atom stereocenters. The van der Waals surface area contributed by atoms with Gasteiger partial charge in [0, 0.05) is 39.3 Å². The molecule has 1 N–H and O–H groups in total. The molecule has 2 aliphatic heterocycles. The van der Waals surface area contributed by atoms with Gasteiger partial charge in [-0.05, 0) is 31.9 Å². The molecule has 174 valence electrons. The van der Waals surface area contributed by atoms with Crippen molar-refractivity contribution < 1.29 is 17.9 Å². The Labute approximate surface area is 196 Å². The Bertz CT molecular complexity index is 1010. The third-order valence-corrected chi connectivity index (χ3v) is 9.39. The Morgan fingerprint density at radius 1 is 1.22 bits per heavy atom. The lowest BCUT2D eigenvalue weighted by Crippen LogP contribution is -2.50. The standard InChI is InChI=1S/C20H27N5O4S3/c1-15-4-6-17(7-5-15)32(27,28)25-10-8-24(9-11-25)18(26)14-30-20-23-22-19(31-20)21-13-16-3-2-12-29-16/h4-7,16H,2-3,8-14H2,1H3,(H,21,22)/t16-/m1/s1. The van der Waals surface area contributed by atoms with Crippen LogP contribution in [0.2, 0.25) is 0 Å². The van der Waals surface area contributed by atoms with Crippen LogP contribution in [0.25, 0.3) is 0 Å². The number of sulfonamides is 1. The Morgan fingerprint density at radius 3 is 2.66 bits per heavy atom. The summed E-state index contributed by atoms with van der Waals surface area (Å²) in [6.45, 7) is 4.81. The normalized spacial score (nSPS) is 19.9. The van der Waals surface area contributed by atoms with Crippen LogP contribution in [0.5, 0.6) is 0 Å². The molecule has 1 atom stereocenters. The quantitative estimate of drug-likeness (QED) is 0.553. The summed E-state index contributed by atoms with van der Waals surface area (Å²) in [4.78, 5) is 14.6. The van der Waals surface area contributed by atoms with Gasteiger partial charge in [0.2, 0.25) is 21.1 Å². The lowest BCUT2D eigenvalue weighted by molar-refractivity contribution is -0.129. The molecule has 3 heterocycles. The number of ether oxygens (including phenoxy) is 1. The minimum Gasteiger partial charge on any atom is -0.376 e. The first-order valence-corrected chi connectivity index (χ1v) is 13.8. The molecule has 2 fully saturated rings. The van der Waals surface area contributed by atoms with Crippen LogP contribution in [0.3, 0.4) is 0 Å². The number of rotatable bonds is 8. The first-order valence-electron chi connectivity index (χ1n) is 10.6. The van der Waals surface area contributed by atoms with E-state index in [9.17, 15) is 13.2 Å². The number of thioether (sulfide) groups is 1. The van der Waals surface area contributed by atoms with E-state index in [1.54, 1.807) is 29.2 Å². The van der Waals surface area contributed by atoms with E-state index in [0.29, 0.717) is 37.6 Å². The maximum absolute atomic E-state index is 12.8. The second-order valence-electron chi connectivity index (χ2n) is 7.78. The van der Waals surface area contributed by atoms with Crippen LogP contribution in [0.4, 0.5) is 5.13 Å². The van der Waals surface area contributed by atoms with Crippen molar-refractivity contribution in [1.82, 2.24) is 19.4 Å². The first kappa shape index (κ1) is 23.4. The molecule has 2 aliphatic rings. The number of nitrogens with zero attached hydrogens (tertiary/aromatic N) is 4. The Balaban J connectivity index is 1.22. The molecular formula is C20H27N5O4S3. The molecule has 0 aliphatic carbocycles. The number of aryl methyl sites for hydroxylation is 1. The number of nitrogens with one attached hydrogen (secondary N) is 1. The third kappa shape index (κ3) is 5.79. The molecule has 1 aromatic heterocycles. The van der Waals surface area contributed by atoms with Crippen molar-refractivity contribution >= 4 is 44.2 Å². The van der Waals surface area contributed by atoms with Crippen molar-refractivity contribution in [2.45, 2.75) is 35.1 Å². The van der Waals surface area contributed by atoms with E-state index in [1.165, 1.54) is 27.4 Å². The highest BCUT2D eigenvalue weighted by atomic mass is 32.2. The van der Waals surface area contributed by atoms with Gasteiger partial charge < -0.3 is 15.0 Å². The highest BCUT2D eigenvalue weighted by molar-refractivity contribution is 8.01. The molecule has 32 heavy (non-hydrogen) atoms. The molecule has 0 spiro atoms. The maximum Gasteiger partial charge on any atom is 0.243 e. The largest absolute Gasteiger partial charge is 0.376 e. The maximum atomic E-state index is 12.8. The summed E-state index contributed by atoms with van der Waals surface area (Å²) in [5.74, 6) is 0.233. The van der Waals surface area contributed by atoms with Gasteiger partial charge in [-0.15, -0.1) is 10.2 Å². The summed E-state index contributed by atoms with van der Waals surface area (Å²) in [6.07, 6.45) is 2.38. The predicted octanol–water partition coefficient (Wildman–Crippen LogP) is 2.06. The number of aromatic nitrogens is 2. The Kier molecular flexibility index (Phi) is 7.66. The number of benzene rings is 1. The first-order chi connectivity index (χ1) is 15.4. The number of carbonyl (C=O) groups excluding carboxylic acids is 1. The molecule has 0 bridgehead atoms. The van der Waals surface area contributed by atoms with Crippen molar-refractivity contribution in [3.63, 3.8) is 0 Å². The smallest absolute Gasteiger partial charge is 0.243 e. The Hall–Kier alpha value is -1.73. The molecule has 9 nitrogen and oxygen atoms in total. The van der Waals surface area contributed by atoms with Gasteiger partial charge in [0.15, 0.2) is 4.34 Å². The van der Waals surface area contributed by atoms with Gasteiger partial charge in [-0.2, -0.15) is 4.31 Å². The molecule has 0 saturated carbocycles. The lowest BCUT2D eigenvalue weighted by Gasteiger charge is -2.34. The second-order valence-corrected chi connectivity index (χ2v) is 11.9. The van der Waals surface area contributed by atoms with Gasteiger partial charge in [0.05, 0.1) is 16.8 Å². The van der Waals surface area contributed by atoms with Crippen LogP contribution < -0.4 is 5.32 Å². The summed E-state index contributed by atoms with van der Waals surface area (Å²) >= 11 is 2.78. The zero-order valence-electron chi connectivity index (χ0n) is 17.9. The number of carbonyl (C=O) groups is 1. The minimum atomic E-state index is -3.53. The number of hydrogen-bond acceptors (Lipinski definition) is 9. The number of piperazine rings is 1. The zero-order valence-corrected chi connectivity index (χ0v) is 20.3.